The molecule has 8 atom stereocenters. The molecule has 1 rings (SSSR count). The van der Waals surface area contributed by atoms with Gasteiger partial charge in [-0.1, -0.05) is 225 Å². The number of hydrogen-bond acceptors (Lipinski definition) is 10. The summed E-state index contributed by atoms with van der Waals surface area (Å²) in [6, 6.07) is -1.06. The van der Waals surface area contributed by atoms with Gasteiger partial charge in [0.1, 0.15) is 24.4 Å². The number of aliphatic hydroxyl groups excluding tert-OH is 5. The van der Waals surface area contributed by atoms with E-state index < -0.39 is 67.4 Å². The summed E-state index contributed by atoms with van der Waals surface area (Å²) in [5.74, 6) is -1.27. The summed E-state index contributed by atoms with van der Waals surface area (Å²) in [5.41, 5.74) is 0. The van der Waals surface area contributed by atoms with Crippen LogP contribution < -0.4 is 5.32 Å². The topological polar surface area (TPSA) is 175 Å². The summed E-state index contributed by atoms with van der Waals surface area (Å²) in [6.07, 6.45) is 64.8. The van der Waals surface area contributed by atoms with E-state index in [1.807, 2.05) is 6.08 Å². The number of rotatable bonds is 49. The number of hydrogen-bond donors (Lipinski definition) is 6. The fourth-order valence-corrected chi connectivity index (χ4v) is 8.53. The normalized spacial score (nSPS) is 19.9. The highest BCUT2D eigenvalue weighted by Gasteiger charge is 2.47. The first kappa shape index (κ1) is 71.8. The largest absolute Gasteiger partial charge is 0.454 e. The number of aliphatic hydroxyl groups is 5. The molecule has 0 saturated carbocycles. The van der Waals surface area contributed by atoms with Crippen molar-refractivity contribution in [3.63, 3.8) is 0 Å². The Labute approximate surface area is 473 Å². The van der Waals surface area contributed by atoms with E-state index in [4.69, 9.17) is 14.2 Å². The van der Waals surface area contributed by atoms with Crippen LogP contribution in [0.25, 0.3) is 0 Å². The quantitative estimate of drug-likeness (QED) is 0.0195. The van der Waals surface area contributed by atoms with Gasteiger partial charge in [-0.25, -0.2) is 0 Å². The molecular formula is C67H109NO10. The Bertz CT molecular complexity index is 1770. The van der Waals surface area contributed by atoms with Crippen molar-refractivity contribution < 1.29 is 49.3 Å². The van der Waals surface area contributed by atoms with Gasteiger partial charge in [0.15, 0.2) is 12.4 Å². The second-order valence-corrected chi connectivity index (χ2v) is 20.3. The summed E-state index contributed by atoms with van der Waals surface area (Å²) < 4.78 is 17.6. The van der Waals surface area contributed by atoms with E-state index in [1.54, 1.807) is 6.08 Å². The zero-order valence-corrected chi connectivity index (χ0v) is 48.7. The van der Waals surface area contributed by atoms with Gasteiger partial charge in [-0.3, -0.25) is 9.59 Å². The molecule has 0 bridgehead atoms. The van der Waals surface area contributed by atoms with Crippen LogP contribution in [-0.4, -0.2) is 99.6 Å². The highest BCUT2D eigenvalue weighted by molar-refractivity contribution is 5.80. The molecule has 0 spiro atoms. The lowest BCUT2D eigenvalue weighted by Gasteiger charge is -2.41. The van der Waals surface area contributed by atoms with Crippen molar-refractivity contribution in [2.75, 3.05) is 13.2 Å². The maximum atomic E-state index is 13.4. The molecule has 11 nitrogen and oxygen atoms in total. The summed E-state index contributed by atoms with van der Waals surface area (Å²) in [7, 11) is 0. The number of nitrogens with one attached hydrogen (secondary N) is 1. The standard InChI is InChI=1S/C67H109NO10/c1-4-7-10-13-16-19-22-25-27-29-31-33-35-37-40-43-46-49-52-55-62(72)78-65-64(74)63(73)61(56-69)77-67(65)76-57-58(59(70)53-50-47-44-41-38-24-21-18-15-12-9-6-3)68-66(75)60(71)54-51-48-45-42-39-36-34-32-30-28-26-23-20-17-14-11-8-5-2/h7-8,10-11,16-17,19-20,25-28,31-34,37,39-40,42,50,53,58-61,63-65,67,69-71,73-74H,4-6,9,12-15,18,21-24,29-30,35-36,38,41,43-49,51-52,54-57H2,1-3H3,(H,68,75)/b10-7-,11-8-,19-16-,20-17-,27-25-,28-26-,33-31-,34-32-,40-37-,42-39-,53-50+. The summed E-state index contributed by atoms with van der Waals surface area (Å²) in [6.45, 7) is 5.50. The van der Waals surface area contributed by atoms with Gasteiger partial charge in [-0.15, -0.1) is 0 Å². The molecule has 0 aromatic heterocycles. The summed E-state index contributed by atoms with van der Waals surface area (Å²) >= 11 is 0. The minimum absolute atomic E-state index is 0.0720. The second-order valence-electron chi connectivity index (χ2n) is 20.3. The van der Waals surface area contributed by atoms with Gasteiger partial charge in [0, 0.05) is 6.42 Å². The molecule has 0 aromatic rings. The van der Waals surface area contributed by atoms with Crippen LogP contribution >= 0.6 is 0 Å². The van der Waals surface area contributed by atoms with Crippen molar-refractivity contribution in [1.82, 2.24) is 5.32 Å². The molecule has 1 amide bonds. The van der Waals surface area contributed by atoms with Gasteiger partial charge in [-0.05, 0) is 116 Å². The van der Waals surface area contributed by atoms with E-state index in [0.29, 0.717) is 12.8 Å². The minimum Gasteiger partial charge on any atom is -0.454 e. The van der Waals surface area contributed by atoms with Crippen LogP contribution in [0.15, 0.2) is 134 Å². The molecule has 1 heterocycles. The van der Waals surface area contributed by atoms with E-state index in [1.165, 1.54) is 44.9 Å². The fourth-order valence-electron chi connectivity index (χ4n) is 8.53. The van der Waals surface area contributed by atoms with E-state index in [-0.39, 0.29) is 19.4 Å². The third-order valence-corrected chi connectivity index (χ3v) is 13.3. The number of esters is 1. The van der Waals surface area contributed by atoms with Crippen molar-refractivity contribution in [3.8, 4) is 0 Å². The number of allylic oxidation sites excluding steroid dienone is 21. The third kappa shape index (κ3) is 40.9. The Kier molecular flexibility index (Phi) is 49.2. The third-order valence-electron chi connectivity index (χ3n) is 13.3. The molecule has 1 fully saturated rings. The molecular weight excluding hydrogens is 979 g/mol. The fraction of sp³-hybridized carbons (Fsp3) is 0.642. The Morgan fingerprint density at radius 2 is 0.923 bits per heavy atom. The Morgan fingerprint density at radius 1 is 0.513 bits per heavy atom. The highest BCUT2D eigenvalue weighted by atomic mass is 16.7. The number of amides is 1. The van der Waals surface area contributed by atoms with Crippen LogP contribution in [0, 0.1) is 0 Å². The first-order chi connectivity index (χ1) is 38.2. The molecule has 8 unspecified atom stereocenters. The van der Waals surface area contributed by atoms with Crippen LogP contribution in [-0.2, 0) is 23.8 Å². The van der Waals surface area contributed by atoms with Gasteiger partial charge in [-0.2, -0.15) is 0 Å². The molecule has 1 aliphatic heterocycles. The highest BCUT2D eigenvalue weighted by Crippen LogP contribution is 2.26. The Balaban J connectivity index is 2.75. The maximum absolute atomic E-state index is 13.4. The van der Waals surface area contributed by atoms with Crippen LogP contribution in [0.4, 0.5) is 0 Å². The zero-order valence-electron chi connectivity index (χ0n) is 48.7. The predicted octanol–water partition coefficient (Wildman–Crippen LogP) is 14.4. The van der Waals surface area contributed by atoms with Gasteiger partial charge in [0.05, 0.1) is 25.4 Å². The minimum atomic E-state index is -1.64. The maximum Gasteiger partial charge on any atom is 0.306 e. The molecule has 1 aliphatic rings. The first-order valence-corrected chi connectivity index (χ1v) is 30.5. The number of ether oxygens (including phenoxy) is 3. The summed E-state index contributed by atoms with van der Waals surface area (Å²) in [4.78, 5) is 26.5. The average molecular weight is 1090 g/mol. The molecule has 0 aromatic carbocycles. The first-order valence-electron chi connectivity index (χ1n) is 30.5. The van der Waals surface area contributed by atoms with E-state index in [2.05, 4.69) is 148 Å². The van der Waals surface area contributed by atoms with Crippen LogP contribution in [0.5, 0.6) is 0 Å². The average Bonchev–Trinajstić information content (AvgIpc) is 3.45. The van der Waals surface area contributed by atoms with E-state index >= 15 is 0 Å². The van der Waals surface area contributed by atoms with Crippen LogP contribution in [0.1, 0.15) is 213 Å². The smallest absolute Gasteiger partial charge is 0.306 e. The van der Waals surface area contributed by atoms with Gasteiger partial charge in [0.25, 0.3) is 0 Å². The molecule has 6 N–H and O–H groups in total. The van der Waals surface area contributed by atoms with Crippen molar-refractivity contribution in [3.05, 3.63) is 134 Å². The lowest BCUT2D eigenvalue weighted by molar-refractivity contribution is -0.305. The van der Waals surface area contributed by atoms with E-state index in [9.17, 15) is 35.1 Å². The molecule has 0 radical (unpaired) electrons. The Morgan fingerprint density at radius 3 is 1.38 bits per heavy atom. The molecule has 78 heavy (non-hydrogen) atoms. The van der Waals surface area contributed by atoms with Gasteiger partial charge in [0.2, 0.25) is 5.91 Å². The molecule has 1 saturated heterocycles. The SMILES string of the molecule is CC/C=C\C/C=C\C/C=C\C/C=C\C/C=C\CCCCCC(=O)OC1C(OCC(NC(=O)C(O)CCCC/C=C\C/C=C\C/C=C\C/C=C\C/C=C\CC)C(O)/C=C/CCCCCCCCCCCC)OC(CO)C(O)C1O. The zero-order chi connectivity index (χ0) is 56.8. The van der Waals surface area contributed by atoms with Crippen molar-refractivity contribution in [1.29, 1.82) is 0 Å². The number of carbonyl (C=O) groups excluding carboxylic acids is 2. The summed E-state index contributed by atoms with van der Waals surface area (Å²) in [5, 5.41) is 56.9. The van der Waals surface area contributed by atoms with Crippen molar-refractivity contribution in [2.45, 2.75) is 262 Å². The van der Waals surface area contributed by atoms with Crippen molar-refractivity contribution in [2.24, 2.45) is 0 Å². The van der Waals surface area contributed by atoms with Gasteiger partial charge >= 0.3 is 5.97 Å². The number of unbranched alkanes of at least 4 members (excludes halogenated alkanes) is 15. The lowest BCUT2D eigenvalue weighted by atomic mass is 9.99. The second kappa shape index (κ2) is 53.4. The monoisotopic (exact) mass is 1090 g/mol. The molecule has 442 valence electrons. The van der Waals surface area contributed by atoms with Crippen LogP contribution in [0.2, 0.25) is 0 Å². The van der Waals surface area contributed by atoms with Gasteiger partial charge < -0.3 is 45.1 Å². The Hall–Kier alpha value is -4.20. The van der Waals surface area contributed by atoms with Crippen LogP contribution in [0.3, 0.4) is 0 Å². The van der Waals surface area contributed by atoms with E-state index in [0.717, 1.165) is 122 Å². The van der Waals surface area contributed by atoms with Crippen molar-refractivity contribution >= 4 is 11.9 Å². The number of carbonyl (C=O) groups is 2. The molecule has 11 heteroatoms. The predicted molar refractivity (Wildman–Crippen MR) is 324 cm³/mol. The molecule has 0 aliphatic carbocycles. The lowest BCUT2D eigenvalue weighted by Crippen LogP contribution is -2.61.